The number of nitrogens with zero attached hydrogens (tertiary/aromatic N) is 2. The lowest BCUT2D eigenvalue weighted by Crippen LogP contribution is -2.07. The van der Waals surface area contributed by atoms with Gasteiger partial charge in [0.2, 0.25) is 5.75 Å². The van der Waals surface area contributed by atoms with Gasteiger partial charge in [0.05, 0.1) is 39.0 Å². The Labute approximate surface area is 207 Å². The smallest absolute Gasteiger partial charge is 0.203 e. The number of methoxy groups -OCH3 is 3. The minimum Gasteiger partial charge on any atom is -0.493 e. The molecule has 1 aromatic heterocycles. The van der Waals surface area contributed by atoms with Crippen LogP contribution in [0.3, 0.4) is 0 Å². The molecule has 0 saturated carbocycles. The predicted molar refractivity (Wildman–Crippen MR) is 140 cm³/mol. The highest BCUT2D eigenvalue weighted by molar-refractivity contribution is 5.81. The largest absolute Gasteiger partial charge is 0.493 e. The first-order valence-corrected chi connectivity index (χ1v) is 12.0. The molecule has 6 nitrogen and oxygen atoms in total. The zero-order chi connectivity index (χ0) is 24.9. The maximum Gasteiger partial charge on any atom is 0.203 e. The molecule has 0 bridgehead atoms. The number of para-hydroxylation sites is 2. The molecule has 0 atom stereocenters. The van der Waals surface area contributed by atoms with Crippen molar-refractivity contribution in [3.8, 4) is 34.4 Å². The third-order valence-corrected chi connectivity index (χ3v) is 6.15. The van der Waals surface area contributed by atoms with Crippen LogP contribution in [0.4, 0.5) is 0 Å². The zero-order valence-corrected chi connectivity index (χ0v) is 21.4. The van der Waals surface area contributed by atoms with Crippen LogP contribution in [0.15, 0.2) is 54.6 Å². The van der Waals surface area contributed by atoms with E-state index in [2.05, 4.69) is 49.6 Å². The van der Waals surface area contributed by atoms with Gasteiger partial charge in [0, 0.05) is 12.1 Å². The highest BCUT2D eigenvalue weighted by Crippen LogP contribution is 2.41. The second kappa shape index (κ2) is 10.7. The molecule has 0 saturated heterocycles. The van der Waals surface area contributed by atoms with Crippen LogP contribution < -0.4 is 18.9 Å². The van der Waals surface area contributed by atoms with Crippen molar-refractivity contribution in [1.29, 1.82) is 0 Å². The van der Waals surface area contributed by atoms with Gasteiger partial charge in [-0.15, -0.1) is 0 Å². The average molecular weight is 475 g/mol. The number of fused-ring (bicyclic) bond motifs is 1. The quantitative estimate of drug-likeness (QED) is 0.242. The number of aryl methyl sites for hydroxylation is 2. The highest BCUT2D eigenvalue weighted by atomic mass is 16.5. The van der Waals surface area contributed by atoms with Gasteiger partial charge in [-0.05, 0) is 60.7 Å². The predicted octanol–water partition coefficient (Wildman–Crippen LogP) is 6.63. The van der Waals surface area contributed by atoms with E-state index in [1.165, 1.54) is 11.1 Å². The molecular weight excluding hydrogens is 440 g/mol. The molecular formula is C29H34N2O4. The van der Waals surface area contributed by atoms with E-state index in [9.17, 15) is 0 Å². The molecule has 0 aliphatic heterocycles. The maximum absolute atomic E-state index is 6.25. The van der Waals surface area contributed by atoms with Gasteiger partial charge < -0.3 is 23.5 Å². The Bertz CT molecular complexity index is 1280. The maximum atomic E-state index is 6.25. The highest BCUT2D eigenvalue weighted by Gasteiger charge is 2.19. The fourth-order valence-electron chi connectivity index (χ4n) is 4.38. The van der Waals surface area contributed by atoms with Crippen molar-refractivity contribution in [1.82, 2.24) is 9.55 Å². The number of benzene rings is 3. The van der Waals surface area contributed by atoms with Crippen LogP contribution >= 0.6 is 0 Å². The van der Waals surface area contributed by atoms with Crippen molar-refractivity contribution >= 4 is 11.0 Å². The summed E-state index contributed by atoms with van der Waals surface area (Å²) in [6.45, 7) is 7.86. The number of hydrogen-bond donors (Lipinski definition) is 0. The topological polar surface area (TPSA) is 54.7 Å². The van der Waals surface area contributed by atoms with Crippen molar-refractivity contribution < 1.29 is 18.9 Å². The number of imidazole rings is 1. The lowest BCUT2D eigenvalue weighted by molar-refractivity contribution is 0.298. The van der Waals surface area contributed by atoms with E-state index in [0.29, 0.717) is 29.8 Å². The van der Waals surface area contributed by atoms with Crippen molar-refractivity contribution in [2.45, 2.75) is 39.7 Å². The van der Waals surface area contributed by atoms with E-state index < -0.39 is 0 Å². The standard InChI is InChI=1S/C29H34N2O4/c1-19(2)22-13-12-20(3)16-25(22)35-15-9-14-31-24-11-8-7-10-23(24)30-29(31)21-17-26(32-4)28(34-6)27(18-21)33-5/h7-8,10-13,16-19H,9,14-15H2,1-6H3. The second-order valence-electron chi connectivity index (χ2n) is 8.89. The summed E-state index contributed by atoms with van der Waals surface area (Å²) in [5.41, 5.74) is 5.36. The van der Waals surface area contributed by atoms with Crippen molar-refractivity contribution in [3.63, 3.8) is 0 Å². The van der Waals surface area contributed by atoms with Crippen LogP contribution in [0.25, 0.3) is 22.4 Å². The van der Waals surface area contributed by atoms with Crippen LogP contribution in [0.2, 0.25) is 0 Å². The molecule has 0 amide bonds. The molecule has 0 aliphatic rings. The summed E-state index contributed by atoms with van der Waals surface area (Å²) in [6.07, 6.45) is 0.837. The average Bonchev–Trinajstić information content (AvgIpc) is 3.24. The molecule has 35 heavy (non-hydrogen) atoms. The Balaban J connectivity index is 1.63. The van der Waals surface area contributed by atoms with E-state index in [0.717, 1.165) is 41.1 Å². The molecule has 4 rings (SSSR count). The summed E-state index contributed by atoms with van der Waals surface area (Å²) in [6, 6.07) is 18.5. The second-order valence-corrected chi connectivity index (χ2v) is 8.89. The number of aromatic nitrogens is 2. The van der Waals surface area contributed by atoms with E-state index in [1.807, 2.05) is 30.3 Å². The lowest BCUT2D eigenvalue weighted by Gasteiger charge is -2.16. The van der Waals surface area contributed by atoms with Crippen LogP contribution in [0.1, 0.15) is 37.3 Å². The molecule has 0 fully saturated rings. The van der Waals surface area contributed by atoms with Crippen molar-refractivity contribution in [2.75, 3.05) is 27.9 Å². The Morgan fingerprint density at radius 1 is 0.857 bits per heavy atom. The number of ether oxygens (including phenoxy) is 4. The van der Waals surface area contributed by atoms with Gasteiger partial charge in [0.15, 0.2) is 11.5 Å². The van der Waals surface area contributed by atoms with Gasteiger partial charge in [-0.25, -0.2) is 4.98 Å². The van der Waals surface area contributed by atoms with Crippen molar-refractivity contribution in [3.05, 3.63) is 65.7 Å². The molecule has 0 radical (unpaired) electrons. The zero-order valence-electron chi connectivity index (χ0n) is 21.4. The summed E-state index contributed by atoms with van der Waals surface area (Å²) in [4.78, 5) is 4.95. The molecule has 184 valence electrons. The summed E-state index contributed by atoms with van der Waals surface area (Å²) < 4.78 is 25.1. The van der Waals surface area contributed by atoms with Gasteiger partial charge in [-0.2, -0.15) is 0 Å². The normalized spacial score (nSPS) is 11.2. The van der Waals surface area contributed by atoms with Crippen LogP contribution in [0.5, 0.6) is 23.0 Å². The molecule has 1 heterocycles. The first kappa shape index (κ1) is 24.5. The minimum atomic E-state index is 0.412. The van der Waals surface area contributed by atoms with Crippen molar-refractivity contribution in [2.24, 2.45) is 0 Å². The molecule has 0 aliphatic carbocycles. The molecule has 0 N–H and O–H groups in total. The third kappa shape index (κ3) is 5.06. The summed E-state index contributed by atoms with van der Waals surface area (Å²) in [5.74, 6) is 4.00. The van der Waals surface area contributed by atoms with E-state index >= 15 is 0 Å². The van der Waals surface area contributed by atoms with Gasteiger partial charge >= 0.3 is 0 Å². The third-order valence-electron chi connectivity index (χ3n) is 6.15. The number of rotatable bonds is 10. The fraction of sp³-hybridized carbons (Fsp3) is 0.345. The number of hydrogen-bond acceptors (Lipinski definition) is 5. The fourth-order valence-corrected chi connectivity index (χ4v) is 4.38. The molecule has 0 spiro atoms. The van der Waals surface area contributed by atoms with Gasteiger partial charge in [-0.1, -0.05) is 38.1 Å². The van der Waals surface area contributed by atoms with Gasteiger partial charge in [0.1, 0.15) is 11.6 Å². The first-order chi connectivity index (χ1) is 17.0. The van der Waals surface area contributed by atoms with Crippen LogP contribution in [0, 0.1) is 6.92 Å². The molecule has 4 aromatic rings. The Morgan fingerprint density at radius 3 is 2.23 bits per heavy atom. The Kier molecular flexibility index (Phi) is 7.49. The van der Waals surface area contributed by atoms with Crippen LogP contribution in [-0.2, 0) is 6.54 Å². The van der Waals surface area contributed by atoms with E-state index in [1.54, 1.807) is 21.3 Å². The monoisotopic (exact) mass is 474 g/mol. The van der Waals surface area contributed by atoms with Crippen LogP contribution in [-0.4, -0.2) is 37.5 Å². The van der Waals surface area contributed by atoms with E-state index in [-0.39, 0.29) is 0 Å². The first-order valence-electron chi connectivity index (χ1n) is 12.0. The Morgan fingerprint density at radius 2 is 1.57 bits per heavy atom. The SMILES string of the molecule is COc1cc(-c2nc3ccccc3n2CCCOc2cc(C)ccc2C(C)C)cc(OC)c1OC. The van der Waals surface area contributed by atoms with Gasteiger partial charge in [0.25, 0.3) is 0 Å². The minimum absolute atomic E-state index is 0.412. The Hall–Kier alpha value is -3.67. The van der Waals surface area contributed by atoms with Gasteiger partial charge in [-0.3, -0.25) is 0 Å². The molecule has 3 aromatic carbocycles. The summed E-state index contributed by atoms with van der Waals surface area (Å²) in [7, 11) is 4.85. The molecule has 0 unspecified atom stereocenters. The van der Waals surface area contributed by atoms with E-state index in [4.69, 9.17) is 23.9 Å². The molecule has 6 heteroatoms. The lowest BCUT2D eigenvalue weighted by atomic mass is 10.0. The summed E-state index contributed by atoms with van der Waals surface area (Å²) >= 11 is 0. The summed E-state index contributed by atoms with van der Waals surface area (Å²) in [5, 5.41) is 0.